The molecule has 0 heterocycles. The van der Waals surface area contributed by atoms with Crippen molar-refractivity contribution in [3.8, 4) is 0 Å². The molecule has 5 aliphatic rings. The van der Waals surface area contributed by atoms with Gasteiger partial charge in [-0.05, 0) is 110 Å². The number of carboxylic acids is 1. The summed E-state index contributed by atoms with van der Waals surface area (Å²) < 4.78 is 0. The molecule has 3 nitrogen and oxygen atoms in total. The van der Waals surface area contributed by atoms with Crippen molar-refractivity contribution < 1.29 is 14.7 Å². The maximum atomic E-state index is 12.7. The first-order valence-electron chi connectivity index (χ1n) is 13.4. The molecule has 0 unspecified atom stereocenters. The van der Waals surface area contributed by atoms with Crippen LogP contribution in [0.2, 0.25) is 0 Å². The maximum absolute atomic E-state index is 12.7. The zero-order chi connectivity index (χ0) is 24.2. The Morgan fingerprint density at radius 2 is 1.67 bits per heavy atom. The van der Waals surface area contributed by atoms with Crippen molar-refractivity contribution >= 4 is 12.3 Å². The van der Waals surface area contributed by atoms with Crippen LogP contribution in [0.3, 0.4) is 0 Å². The number of fused-ring (bicyclic) bond motifs is 7. The lowest BCUT2D eigenvalue weighted by molar-refractivity contribution is -0.217. The van der Waals surface area contributed by atoms with Gasteiger partial charge in [-0.1, -0.05) is 52.8 Å². The largest absolute Gasteiger partial charge is 0.481 e. The average Bonchev–Trinajstić information content (AvgIpc) is 3.22. The average molecular weight is 453 g/mol. The molecule has 1 N–H and O–H groups in total. The van der Waals surface area contributed by atoms with Crippen molar-refractivity contribution in [3.63, 3.8) is 0 Å². The van der Waals surface area contributed by atoms with Crippen LogP contribution < -0.4 is 0 Å². The van der Waals surface area contributed by atoms with Crippen molar-refractivity contribution in [2.75, 3.05) is 0 Å². The second-order valence-electron chi connectivity index (χ2n) is 14.0. The van der Waals surface area contributed by atoms with Gasteiger partial charge in [0.05, 0.1) is 5.41 Å². The molecule has 9 atom stereocenters. The molecule has 5 rings (SSSR count). The second kappa shape index (κ2) is 6.85. The molecule has 0 spiro atoms. The van der Waals surface area contributed by atoms with Crippen molar-refractivity contribution in [2.45, 2.75) is 92.9 Å². The molecule has 5 aliphatic carbocycles. The third kappa shape index (κ3) is 2.58. The van der Waals surface area contributed by atoms with Gasteiger partial charge in [-0.25, -0.2) is 0 Å². The fourth-order valence-electron chi connectivity index (χ4n) is 11.1. The highest BCUT2D eigenvalue weighted by molar-refractivity contribution is 5.78. The van der Waals surface area contributed by atoms with E-state index in [2.05, 4.69) is 54.2 Å². The number of aldehydes is 1. The molecule has 0 aromatic heterocycles. The third-order valence-electron chi connectivity index (χ3n) is 12.8. The number of carboxylic acid groups (broad SMARTS) is 1. The lowest BCUT2D eigenvalue weighted by atomic mass is 9.34. The van der Waals surface area contributed by atoms with Gasteiger partial charge in [0.2, 0.25) is 0 Å². The van der Waals surface area contributed by atoms with Gasteiger partial charge in [0.15, 0.2) is 0 Å². The molecular weight excluding hydrogens is 408 g/mol. The third-order valence-corrected chi connectivity index (χ3v) is 12.8. The van der Waals surface area contributed by atoms with Crippen molar-refractivity contribution in [1.29, 1.82) is 0 Å². The quantitative estimate of drug-likeness (QED) is 0.368. The minimum atomic E-state index is -0.568. The van der Waals surface area contributed by atoms with Gasteiger partial charge in [0, 0.05) is 5.41 Å². The topological polar surface area (TPSA) is 54.4 Å². The van der Waals surface area contributed by atoms with E-state index >= 15 is 0 Å². The zero-order valence-electron chi connectivity index (χ0n) is 21.7. The molecule has 33 heavy (non-hydrogen) atoms. The van der Waals surface area contributed by atoms with Crippen LogP contribution in [0.25, 0.3) is 0 Å². The van der Waals surface area contributed by atoms with Crippen molar-refractivity contribution in [1.82, 2.24) is 0 Å². The number of rotatable bonds is 3. The first kappa shape index (κ1) is 23.4. The first-order chi connectivity index (χ1) is 15.3. The lowest BCUT2D eigenvalue weighted by Gasteiger charge is -2.70. The van der Waals surface area contributed by atoms with E-state index in [1.807, 2.05) is 0 Å². The fraction of sp³-hybridized carbons (Fsp3) is 0.800. The molecule has 0 bridgehead atoms. The second-order valence-corrected chi connectivity index (χ2v) is 14.0. The predicted octanol–water partition coefficient (Wildman–Crippen LogP) is 7.07. The van der Waals surface area contributed by atoms with Gasteiger partial charge in [0.1, 0.15) is 6.29 Å². The van der Waals surface area contributed by atoms with Crippen LogP contribution in [0.4, 0.5) is 0 Å². The van der Waals surface area contributed by atoms with Gasteiger partial charge in [0.25, 0.3) is 0 Å². The first-order valence-corrected chi connectivity index (χ1v) is 13.4. The Bertz CT molecular complexity index is 944. The Hall–Kier alpha value is -1.38. The van der Waals surface area contributed by atoms with Gasteiger partial charge >= 0.3 is 5.97 Å². The monoisotopic (exact) mass is 452 g/mol. The summed E-state index contributed by atoms with van der Waals surface area (Å²) in [5.74, 6) is 1.38. The number of carbonyl (C=O) groups is 2. The Labute approximate surface area is 200 Å². The normalized spacial score (nSPS) is 52.1. The summed E-state index contributed by atoms with van der Waals surface area (Å²) in [7, 11) is 0. The van der Waals surface area contributed by atoms with Crippen LogP contribution >= 0.6 is 0 Å². The fourth-order valence-corrected chi connectivity index (χ4v) is 11.1. The molecule has 0 amide bonds. The van der Waals surface area contributed by atoms with E-state index in [9.17, 15) is 14.7 Å². The van der Waals surface area contributed by atoms with E-state index in [0.29, 0.717) is 23.7 Å². The molecular formula is C30H44O3. The molecule has 4 fully saturated rings. The van der Waals surface area contributed by atoms with E-state index in [4.69, 9.17) is 0 Å². The Morgan fingerprint density at radius 1 is 0.970 bits per heavy atom. The number of allylic oxidation sites excluding steroid dienone is 3. The summed E-state index contributed by atoms with van der Waals surface area (Å²) >= 11 is 0. The molecule has 0 aromatic rings. The van der Waals surface area contributed by atoms with Gasteiger partial charge < -0.3 is 5.11 Å². The highest BCUT2D eigenvalue weighted by atomic mass is 16.4. The van der Waals surface area contributed by atoms with Crippen LogP contribution in [-0.2, 0) is 9.59 Å². The highest BCUT2D eigenvalue weighted by Crippen LogP contribution is 2.78. The standard InChI is InChI=1S/C30H44O3/c1-18(2)20-10-13-30(25(32)33)15-14-27(5)21(24(20)30)8-9-23-28(27,6)12-11-22-26(3,4)16-19(17-31)29(22,23)7/h16-17,20-24H,1,8-15H2,2-7H3,(H,32,33)/t20-,21+,22-,23+,24+,27+,28+,29-,30-/m0/s1. The highest BCUT2D eigenvalue weighted by Gasteiger charge is 2.72. The number of carbonyl (C=O) groups excluding carboxylic acids is 1. The van der Waals surface area contributed by atoms with Crippen LogP contribution in [0, 0.1) is 56.7 Å². The number of hydrogen-bond acceptors (Lipinski definition) is 2. The van der Waals surface area contributed by atoms with Gasteiger partial charge in [-0.3, -0.25) is 9.59 Å². The SMILES string of the molecule is C=C(C)[C@@H]1CC[C@]2(C(=O)O)CC[C@]3(C)[C@H](CC[C@H]4[C@@]5(C)C(C=O)=CC(C)(C)[C@@H]5CC[C@]43C)[C@@H]12. The minimum Gasteiger partial charge on any atom is -0.481 e. The summed E-state index contributed by atoms with van der Waals surface area (Å²) in [6.07, 6.45) is 11.6. The number of hydrogen-bond donors (Lipinski definition) is 1. The molecule has 0 aliphatic heterocycles. The maximum Gasteiger partial charge on any atom is 0.309 e. The molecule has 0 aromatic carbocycles. The van der Waals surface area contributed by atoms with Crippen molar-refractivity contribution in [2.24, 2.45) is 56.7 Å². The summed E-state index contributed by atoms with van der Waals surface area (Å²) in [4.78, 5) is 25.1. The van der Waals surface area contributed by atoms with Crippen LogP contribution in [0.1, 0.15) is 92.9 Å². The molecule has 0 saturated heterocycles. The molecule has 4 saturated carbocycles. The Morgan fingerprint density at radius 3 is 2.27 bits per heavy atom. The summed E-state index contributed by atoms with van der Waals surface area (Å²) in [5, 5.41) is 10.5. The van der Waals surface area contributed by atoms with E-state index < -0.39 is 11.4 Å². The van der Waals surface area contributed by atoms with E-state index in [1.54, 1.807) is 0 Å². The Balaban J connectivity index is 1.61. The van der Waals surface area contributed by atoms with Crippen LogP contribution in [-0.4, -0.2) is 17.4 Å². The van der Waals surface area contributed by atoms with Crippen molar-refractivity contribution in [3.05, 3.63) is 23.8 Å². The smallest absolute Gasteiger partial charge is 0.309 e. The molecule has 3 heteroatoms. The molecule has 0 radical (unpaired) electrons. The summed E-state index contributed by atoms with van der Waals surface area (Å²) in [6.45, 7) is 18.5. The van der Waals surface area contributed by atoms with Crippen LogP contribution in [0.5, 0.6) is 0 Å². The Kier molecular flexibility index (Phi) is 4.85. The summed E-state index contributed by atoms with van der Waals surface area (Å²) in [6, 6.07) is 0. The van der Waals surface area contributed by atoms with E-state index in [1.165, 1.54) is 12.0 Å². The number of aliphatic carboxylic acids is 1. The predicted molar refractivity (Wildman–Crippen MR) is 132 cm³/mol. The molecule has 182 valence electrons. The summed E-state index contributed by atoms with van der Waals surface area (Å²) in [5.41, 5.74) is 1.86. The van der Waals surface area contributed by atoms with E-state index in [0.717, 1.165) is 56.8 Å². The zero-order valence-corrected chi connectivity index (χ0v) is 21.7. The minimum absolute atomic E-state index is 0.0611. The van der Waals surface area contributed by atoms with Crippen LogP contribution in [0.15, 0.2) is 23.8 Å². The van der Waals surface area contributed by atoms with Gasteiger partial charge in [-0.15, -0.1) is 0 Å². The lowest BCUT2D eigenvalue weighted by Crippen LogP contribution is -2.65. The van der Waals surface area contributed by atoms with Gasteiger partial charge in [-0.2, -0.15) is 0 Å². The van der Waals surface area contributed by atoms with E-state index in [-0.39, 0.29) is 27.6 Å².